The van der Waals surface area contributed by atoms with Crippen LogP contribution in [0.2, 0.25) is 0 Å². The predicted molar refractivity (Wildman–Crippen MR) is 45.6 cm³/mol. The molecule has 7 heteroatoms. The first-order valence-electron chi connectivity index (χ1n) is 3.79. The number of fused-ring (bicyclic) bond motifs is 1. The van der Waals surface area contributed by atoms with Crippen LogP contribution in [0.15, 0.2) is 10.9 Å². The van der Waals surface area contributed by atoms with Crippen LogP contribution in [0.3, 0.4) is 0 Å². The first-order valence-corrected chi connectivity index (χ1v) is 3.79. The third kappa shape index (κ3) is 1.15. The van der Waals surface area contributed by atoms with E-state index in [0.29, 0.717) is 0 Å². The normalized spacial score (nSPS) is 13.6. The number of aromatic nitrogens is 2. The van der Waals surface area contributed by atoms with E-state index in [0.717, 1.165) is 10.6 Å². The van der Waals surface area contributed by atoms with Crippen LogP contribution in [0.1, 0.15) is 10.5 Å². The highest BCUT2D eigenvalue weighted by molar-refractivity contribution is 5.94. The number of anilines is 1. The Labute approximate surface area is 77.5 Å². The molecule has 3 N–H and O–H groups in total. The lowest BCUT2D eigenvalue weighted by atomic mass is 10.4. The molecule has 1 aromatic rings. The fourth-order valence-electron chi connectivity index (χ4n) is 1.19. The van der Waals surface area contributed by atoms with E-state index in [9.17, 15) is 14.4 Å². The molecular formula is C7H6N4O3. The summed E-state index contributed by atoms with van der Waals surface area (Å²) in [6.45, 7) is -0.0692. The maximum Gasteiger partial charge on any atom is 0.267 e. The minimum atomic E-state index is -0.799. The predicted octanol–water partition coefficient (Wildman–Crippen LogP) is -1.71. The molecule has 2 amide bonds. The van der Waals surface area contributed by atoms with E-state index in [2.05, 4.69) is 10.3 Å². The second-order valence-electron chi connectivity index (χ2n) is 2.80. The first-order chi connectivity index (χ1) is 6.58. The van der Waals surface area contributed by atoms with Gasteiger partial charge < -0.3 is 5.73 Å². The molecule has 0 radical (unpaired) electrons. The smallest absolute Gasteiger partial charge is 0.267 e. The van der Waals surface area contributed by atoms with Crippen LogP contribution in [0, 0.1) is 0 Å². The van der Waals surface area contributed by atoms with Crippen molar-refractivity contribution in [2.24, 2.45) is 5.73 Å². The Morgan fingerprint density at radius 3 is 2.93 bits per heavy atom. The monoisotopic (exact) mass is 194 g/mol. The zero-order valence-corrected chi connectivity index (χ0v) is 6.98. The summed E-state index contributed by atoms with van der Waals surface area (Å²) >= 11 is 0. The van der Waals surface area contributed by atoms with Gasteiger partial charge in [0.05, 0.1) is 0 Å². The summed E-state index contributed by atoms with van der Waals surface area (Å²) in [6.07, 6.45) is 0. The zero-order chi connectivity index (χ0) is 10.3. The fourth-order valence-corrected chi connectivity index (χ4v) is 1.19. The molecule has 2 rings (SSSR count). The Morgan fingerprint density at radius 2 is 2.29 bits per heavy atom. The van der Waals surface area contributed by atoms with Gasteiger partial charge in [-0.3, -0.25) is 24.3 Å². The number of hydrogen-bond donors (Lipinski definition) is 2. The Kier molecular flexibility index (Phi) is 1.60. The van der Waals surface area contributed by atoms with Crippen LogP contribution in [0.25, 0.3) is 0 Å². The van der Waals surface area contributed by atoms with Crippen molar-refractivity contribution in [1.29, 1.82) is 0 Å². The third-order valence-electron chi connectivity index (χ3n) is 1.81. The number of hydrogen-bond acceptors (Lipinski definition) is 4. The molecule has 7 nitrogen and oxygen atoms in total. The van der Waals surface area contributed by atoms with Crippen LogP contribution >= 0.6 is 0 Å². The number of nitrogens with zero attached hydrogens (tertiary/aromatic N) is 2. The lowest BCUT2D eigenvalue weighted by molar-refractivity contribution is -0.115. The summed E-state index contributed by atoms with van der Waals surface area (Å²) in [7, 11) is 0. The van der Waals surface area contributed by atoms with Gasteiger partial charge >= 0.3 is 0 Å². The molecule has 0 aromatic carbocycles. The van der Waals surface area contributed by atoms with Gasteiger partial charge in [0.1, 0.15) is 12.2 Å². The lowest BCUT2D eigenvalue weighted by Crippen LogP contribution is -2.23. The average Bonchev–Trinajstić information content (AvgIpc) is 2.45. The number of carbonyl (C=O) groups is 2. The van der Waals surface area contributed by atoms with Crippen LogP contribution in [-0.4, -0.2) is 21.4 Å². The fraction of sp³-hybridized carbons (Fsp3) is 0.143. The maximum atomic E-state index is 11.3. The second-order valence-corrected chi connectivity index (χ2v) is 2.80. The van der Waals surface area contributed by atoms with Crippen molar-refractivity contribution in [3.8, 4) is 0 Å². The first kappa shape index (κ1) is 8.42. The van der Waals surface area contributed by atoms with E-state index >= 15 is 0 Å². The molecule has 14 heavy (non-hydrogen) atoms. The molecule has 2 heterocycles. The highest BCUT2D eigenvalue weighted by atomic mass is 16.2. The third-order valence-corrected chi connectivity index (χ3v) is 1.81. The Hall–Kier alpha value is -2.18. The maximum absolute atomic E-state index is 11.3. The highest BCUT2D eigenvalue weighted by Crippen LogP contribution is 2.08. The molecule has 0 saturated heterocycles. The van der Waals surface area contributed by atoms with Gasteiger partial charge in [-0.05, 0) is 0 Å². The van der Waals surface area contributed by atoms with E-state index in [1.807, 2.05) is 0 Å². The number of carbonyl (C=O) groups excluding carboxylic acids is 2. The molecule has 72 valence electrons. The van der Waals surface area contributed by atoms with E-state index in [1.54, 1.807) is 0 Å². The molecule has 0 saturated carbocycles. The molecule has 1 aliphatic heterocycles. The van der Waals surface area contributed by atoms with Gasteiger partial charge in [0, 0.05) is 6.07 Å². The number of nitrogens with one attached hydrogen (secondary N) is 1. The van der Waals surface area contributed by atoms with Crippen LogP contribution < -0.4 is 16.6 Å². The van der Waals surface area contributed by atoms with Gasteiger partial charge in [-0.25, -0.2) is 4.98 Å². The minimum absolute atomic E-state index is 0.0660. The van der Waals surface area contributed by atoms with Gasteiger partial charge in [-0.15, -0.1) is 0 Å². The molecule has 0 unspecified atom stereocenters. The summed E-state index contributed by atoms with van der Waals surface area (Å²) in [5.41, 5.74) is 4.33. The second kappa shape index (κ2) is 2.66. The molecular weight excluding hydrogens is 188 g/mol. The van der Waals surface area contributed by atoms with E-state index in [4.69, 9.17) is 5.73 Å². The Morgan fingerprint density at radius 1 is 1.57 bits per heavy atom. The van der Waals surface area contributed by atoms with Crippen molar-refractivity contribution in [3.05, 3.63) is 22.1 Å². The summed E-state index contributed by atoms with van der Waals surface area (Å²) in [4.78, 5) is 36.7. The lowest BCUT2D eigenvalue weighted by Gasteiger charge is -2.00. The van der Waals surface area contributed by atoms with Crippen LogP contribution in [0.5, 0.6) is 0 Å². The number of amides is 2. The zero-order valence-electron chi connectivity index (χ0n) is 6.98. The molecule has 0 aliphatic carbocycles. The van der Waals surface area contributed by atoms with Gasteiger partial charge in [0.2, 0.25) is 11.9 Å². The molecule has 0 spiro atoms. The summed E-state index contributed by atoms with van der Waals surface area (Å²) in [5, 5.41) is 2.34. The molecule has 0 bridgehead atoms. The summed E-state index contributed by atoms with van der Waals surface area (Å²) in [5.74, 6) is -1.07. The molecule has 0 fully saturated rings. The van der Waals surface area contributed by atoms with Crippen molar-refractivity contribution in [2.45, 2.75) is 6.54 Å². The van der Waals surface area contributed by atoms with Crippen LogP contribution in [-0.2, 0) is 11.3 Å². The van der Waals surface area contributed by atoms with Crippen molar-refractivity contribution >= 4 is 17.8 Å². The minimum Gasteiger partial charge on any atom is -0.364 e. The molecule has 1 aliphatic rings. The quantitative estimate of drug-likeness (QED) is 0.555. The van der Waals surface area contributed by atoms with Gasteiger partial charge in [0.15, 0.2) is 0 Å². The van der Waals surface area contributed by atoms with Crippen LogP contribution in [0.4, 0.5) is 5.95 Å². The highest BCUT2D eigenvalue weighted by Gasteiger charge is 2.21. The topological polar surface area (TPSA) is 107 Å². The molecule has 0 atom stereocenters. The number of primary amides is 1. The largest absolute Gasteiger partial charge is 0.364 e. The van der Waals surface area contributed by atoms with Gasteiger partial charge in [-0.1, -0.05) is 0 Å². The standard InChI is InChI=1S/C7H6N4O3/c8-6(14)3-1-5(13)11-2-4(12)10-7(11)9-3/h1H,2H2,(H2,8,14)(H,9,10,12). The Balaban J connectivity index is 2.62. The van der Waals surface area contributed by atoms with Gasteiger partial charge in [-0.2, -0.15) is 0 Å². The summed E-state index contributed by atoms with van der Waals surface area (Å²) < 4.78 is 1.13. The Bertz CT molecular complexity index is 490. The van der Waals surface area contributed by atoms with Crippen molar-refractivity contribution in [3.63, 3.8) is 0 Å². The van der Waals surface area contributed by atoms with E-state index in [1.165, 1.54) is 0 Å². The van der Waals surface area contributed by atoms with E-state index in [-0.39, 0.29) is 24.1 Å². The van der Waals surface area contributed by atoms with E-state index < -0.39 is 11.5 Å². The SMILES string of the molecule is NC(=O)c1cc(=O)n2c(n1)NC(=O)C2. The summed E-state index contributed by atoms with van der Waals surface area (Å²) in [6, 6.07) is 1.01. The number of rotatable bonds is 1. The van der Waals surface area contributed by atoms with Gasteiger partial charge in [0.25, 0.3) is 11.5 Å². The molecule has 1 aromatic heterocycles. The average molecular weight is 194 g/mol. The van der Waals surface area contributed by atoms with Crippen molar-refractivity contribution in [1.82, 2.24) is 9.55 Å². The number of nitrogens with two attached hydrogens (primary N) is 1. The van der Waals surface area contributed by atoms with Crippen molar-refractivity contribution < 1.29 is 9.59 Å². The van der Waals surface area contributed by atoms with Crippen molar-refractivity contribution in [2.75, 3.05) is 5.32 Å².